The van der Waals surface area contributed by atoms with Crippen molar-refractivity contribution < 1.29 is 4.74 Å². The average molecular weight is 191 g/mol. The van der Waals surface area contributed by atoms with Gasteiger partial charge in [0.1, 0.15) is 5.65 Å². The molecular weight excluding hydrogens is 178 g/mol. The van der Waals surface area contributed by atoms with Crippen LogP contribution < -0.4 is 5.73 Å². The summed E-state index contributed by atoms with van der Waals surface area (Å²) in [5.41, 5.74) is 7.78. The first-order valence-corrected chi connectivity index (χ1v) is 4.49. The van der Waals surface area contributed by atoms with E-state index in [1.165, 1.54) is 0 Å². The van der Waals surface area contributed by atoms with Crippen LogP contribution >= 0.6 is 0 Å². The van der Waals surface area contributed by atoms with Crippen molar-refractivity contribution in [3.05, 3.63) is 30.1 Å². The van der Waals surface area contributed by atoms with Gasteiger partial charge in [0, 0.05) is 24.9 Å². The van der Waals surface area contributed by atoms with Gasteiger partial charge >= 0.3 is 0 Å². The smallest absolute Gasteiger partial charge is 0.137 e. The van der Waals surface area contributed by atoms with Crippen LogP contribution in [0.3, 0.4) is 0 Å². The number of aromatic amines is 1. The molecule has 0 aromatic carbocycles. The third-order valence-electron chi connectivity index (χ3n) is 2.20. The van der Waals surface area contributed by atoms with Gasteiger partial charge in [-0.25, -0.2) is 4.98 Å². The maximum atomic E-state index is 5.89. The molecule has 4 heteroatoms. The molecule has 2 aromatic rings. The second-order valence-corrected chi connectivity index (χ2v) is 3.25. The van der Waals surface area contributed by atoms with Crippen LogP contribution in [-0.4, -0.2) is 23.7 Å². The third-order valence-corrected chi connectivity index (χ3v) is 2.20. The minimum Gasteiger partial charge on any atom is -0.383 e. The van der Waals surface area contributed by atoms with E-state index in [0.717, 1.165) is 16.6 Å². The van der Waals surface area contributed by atoms with Crippen molar-refractivity contribution >= 4 is 11.0 Å². The van der Waals surface area contributed by atoms with Gasteiger partial charge in [-0.2, -0.15) is 0 Å². The van der Waals surface area contributed by atoms with E-state index in [0.29, 0.717) is 6.61 Å². The fourth-order valence-corrected chi connectivity index (χ4v) is 1.44. The number of nitrogens with zero attached hydrogens (tertiary/aromatic N) is 1. The third kappa shape index (κ3) is 1.62. The lowest BCUT2D eigenvalue weighted by Gasteiger charge is -2.09. The number of methoxy groups -OCH3 is 1. The number of ether oxygens (including phenoxy) is 1. The zero-order valence-electron chi connectivity index (χ0n) is 8.03. The van der Waals surface area contributed by atoms with Crippen LogP contribution in [0.1, 0.15) is 11.6 Å². The summed E-state index contributed by atoms with van der Waals surface area (Å²) >= 11 is 0. The SMILES string of the molecule is COCC(N)c1cnc2[nH]ccc2c1. The number of H-pyrrole nitrogens is 1. The first kappa shape index (κ1) is 9.18. The summed E-state index contributed by atoms with van der Waals surface area (Å²) in [6.07, 6.45) is 3.64. The predicted octanol–water partition coefficient (Wildman–Crippen LogP) is 1.21. The summed E-state index contributed by atoms with van der Waals surface area (Å²) in [7, 11) is 1.64. The van der Waals surface area contributed by atoms with Gasteiger partial charge in [0.05, 0.1) is 12.6 Å². The number of hydrogen-bond acceptors (Lipinski definition) is 3. The highest BCUT2D eigenvalue weighted by Crippen LogP contribution is 2.15. The summed E-state index contributed by atoms with van der Waals surface area (Å²) in [6, 6.07) is 3.90. The molecule has 0 aliphatic carbocycles. The number of nitrogens with two attached hydrogens (primary N) is 1. The minimum atomic E-state index is -0.105. The van der Waals surface area contributed by atoms with E-state index in [1.807, 2.05) is 18.3 Å². The Labute approximate surface area is 82.1 Å². The first-order chi connectivity index (χ1) is 6.81. The van der Waals surface area contributed by atoms with Crippen LogP contribution in [0.4, 0.5) is 0 Å². The number of hydrogen-bond donors (Lipinski definition) is 2. The van der Waals surface area contributed by atoms with Crippen LogP contribution in [0, 0.1) is 0 Å². The molecule has 0 aliphatic rings. The van der Waals surface area contributed by atoms with Crippen molar-refractivity contribution in [2.75, 3.05) is 13.7 Å². The molecule has 14 heavy (non-hydrogen) atoms. The molecule has 74 valence electrons. The highest BCUT2D eigenvalue weighted by molar-refractivity contribution is 5.75. The van der Waals surface area contributed by atoms with Gasteiger partial charge in [-0.3, -0.25) is 0 Å². The number of nitrogens with one attached hydrogen (secondary N) is 1. The second-order valence-electron chi connectivity index (χ2n) is 3.25. The highest BCUT2D eigenvalue weighted by Gasteiger charge is 2.06. The predicted molar refractivity (Wildman–Crippen MR) is 54.9 cm³/mol. The Morgan fingerprint density at radius 1 is 1.64 bits per heavy atom. The zero-order valence-corrected chi connectivity index (χ0v) is 8.03. The molecule has 0 saturated heterocycles. The molecule has 0 amide bonds. The normalized spacial score (nSPS) is 13.3. The molecule has 0 spiro atoms. The lowest BCUT2D eigenvalue weighted by Crippen LogP contribution is -2.16. The van der Waals surface area contributed by atoms with E-state index in [2.05, 4.69) is 9.97 Å². The summed E-state index contributed by atoms with van der Waals surface area (Å²) in [5.74, 6) is 0. The van der Waals surface area contributed by atoms with Crippen molar-refractivity contribution in [3.8, 4) is 0 Å². The average Bonchev–Trinajstić information content (AvgIpc) is 2.64. The van der Waals surface area contributed by atoms with Gasteiger partial charge < -0.3 is 15.5 Å². The van der Waals surface area contributed by atoms with Gasteiger partial charge in [0.25, 0.3) is 0 Å². The van der Waals surface area contributed by atoms with E-state index in [1.54, 1.807) is 13.3 Å². The molecular formula is C10H13N3O. The van der Waals surface area contributed by atoms with Crippen LogP contribution in [0.5, 0.6) is 0 Å². The van der Waals surface area contributed by atoms with Crippen molar-refractivity contribution in [1.29, 1.82) is 0 Å². The Hall–Kier alpha value is -1.39. The molecule has 2 heterocycles. The molecule has 0 radical (unpaired) electrons. The number of aromatic nitrogens is 2. The topological polar surface area (TPSA) is 63.9 Å². The summed E-state index contributed by atoms with van der Waals surface area (Å²) in [5, 5.41) is 1.08. The van der Waals surface area contributed by atoms with Gasteiger partial charge in [-0.05, 0) is 17.7 Å². The first-order valence-electron chi connectivity index (χ1n) is 4.49. The Bertz CT molecular complexity index is 424. The fourth-order valence-electron chi connectivity index (χ4n) is 1.44. The molecule has 4 nitrogen and oxygen atoms in total. The zero-order chi connectivity index (χ0) is 9.97. The molecule has 0 fully saturated rings. The second kappa shape index (κ2) is 3.77. The Morgan fingerprint density at radius 3 is 3.29 bits per heavy atom. The number of pyridine rings is 1. The molecule has 0 saturated carbocycles. The molecule has 2 rings (SSSR count). The maximum Gasteiger partial charge on any atom is 0.137 e. The van der Waals surface area contributed by atoms with Gasteiger partial charge in [0.2, 0.25) is 0 Å². The lowest BCUT2D eigenvalue weighted by molar-refractivity contribution is 0.181. The van der Waals surface area contributed by atoms with Crippen molar-refractivity contribution in [1.82, 2.24) is 9.97 Å². The number of rotatable bonds is 3. The van der Waals surface area contributed by atoms with Crippen LogP contribution in [0.15, 0.2) is 24.5 Å². The molecule has 1 atom stereocenters. The van der Waals surface area contributed by atoms with E-state index in [4.69, 9.17) is 10.5 Å². The van der Waals surface area contributed by atoms with E-state index in [9.17, 15) is 0 Å². The maximum absolute atomic E-state index is 5.89. The Kier molecular flexibility index (Phi) is 2.47. The summed E-state index contributed by atoms with van der Waals surface area (Å²) in [6.45, 7) is 0.512. The largest absolute Gasteiger partial charge is 0.383 e. The van der Waals surface area contributed by atoms with Gasteiger partial charge in [-0.15, -0.1) is 0 Å². The molecule has 1 unspecified atom stereocenters. The Balaban J connectivity index is 2.33. The number of fused-ring (bicyclic) bond motifs is 1. The van der Waals surface area contributed by atoms with E-state index < -0.39 is 0 Å². The van der Waals surface area contributed by atoms with E-state index >= 15 is 0 Å². The minimum absolute atomic E-state index is 0.105. The van der Waals surface area contributed by atoms with Crippen molar-refractivity contribution in [2.45, 2.75) is 6.04 Å². The summed E-state index contributed by atoms with van der Waals surface area (Å²) in [4.78, 5) is 7.29. The van der Waals surface area contributed by atoms with Crippen LogP contribution in [0.25, 0.3) is 11.0 Å². The molecule has 0 bridgehead atoms. The van der Waals surface area contributed by atoms with Gasteiger partial charge in [0.15, 0.2) is 0 Å². The standard InChI is InChI=1S/C10H13N3O/c1-14-6-9(11)8-4-7-2-3-12-10(7)13-5-8/h2-5,9H,6,11H2,1H3,(H,12,13). The lowest BCUT2D eigenvalue weighted by atomic mass is 10.1. The summed E-state index contributed by atoms with van der Waals surface area (Å²) < 4.78 is 4.99. The van der Waals surface area contributed by atoms with Crippen LogP contribution in [-0.2, 0) is 4.74 Å². The van der Waals surface area contributed by atoms with Crippen molar-refractivity contribution in [2.24, 2.45) is 5.73 Å². The molecule has 2 aromatic heterocycles. The highest BCUT2D eigenvalue weighted by atomic mass is 16.5. The monoisotopic (exact) mass is 191 g/mol. The van der Waals surface area contributed by atoms with Crippen LogP contribution in [0.2, 0.25) is 0 Å². The Morgan fingerprint density at radius 2 is 2.50 bits per heavy atom. The quantitative estimate of drug-likeness (QED) is 0.766. The van der Waals surface area contributed by atoms with E-state index in [-0.39, 0.29) is 6.04 Å². The fraction of sp³-hybridized carbons (Fsp3) is 0.300. The molecule has 0 aliphatic heterocycles. The molecule has 3 N–H and O–H groups in total. The van der Waals surface area contributed by atoms with Crippen molar-refractivity contribution in [3.63, 3.8) is 0 Å². The van der Waals surface area contributed by atoms with Gasteiger partial charge in [-0.1, -0.05) is 0 Å².